The summed E-state index contributed by atoms with van der Waals surface area (Å²) in [4.78, 5) is 36.8. The second-order valence-corrected chi connectivity index (χ2v) is 6.73. The van der Waals surface area contributed by atoms with Crippen LogP contribution in [0.15, 0.2) is 63.3 Å². The van der Waals surface area contributed by atoms with Gasteiger partial charge in [-0.05, 0) is 29.6 Å². The minimum atomic E-state index is -0.504. The number of methoxy groups -OCH3 is 1. The number of nitrogens with one attached hydrogen (secondary N) is 1. The van der Waals surface area contributed by atoms with Gasteiger partial charge in [0.1, 0.15) is 5.76 Å². The molecule has 0 bridgehead atoms. The van der Waals surface area contributed by atoms with Crippen LogP contribution in [0.3, 0.4) is 0 Å². The SMILES string of the molecule is COC(=O)CC(NC(=O)c1ccc(Cn2ccccc2=O)o1)c1cccs1. The molecule has 1 amide bonds. The summed E-state index contributed by atoms with van der Waals surface area (Å²) >= 11 is 1.44. The van der Waals surface area contributed by atoms with E-state index >= 15 is 0 Å². The first-order valence-electron chi connectivity index (χ1n) is 8.22. The summed E-state index contributed by atoms with van der Waals surface area (Å²) in [7, 11) is 1.31. The third kappa shape index (κ3) is 4.73. The zero-order valence-corrected chi connectivity index (χ0v) is 15.4. The van der Waals surface area contributed by atoms with Crippen LogP contribution < -0.4 is 10.9 Å². The smallest absolute Gasteiger partial charge is 0.307 e. The Morgan fingerprint density at radius 2 is 2.07 bits per heavy atom. The number of hydrogen-bond acceptors (Lipinski definition) is 6. The second kappa shape index (κ2) is 8.50. The van der Waals surface area contributed by atoms with Gasteiger partial charge in [-0.15, -0.1) is 11.3 Å². The van der Waals surface area contributed by atoms with Gasteiger partial charge < -0.3 is 19.0 Å². The molecule has 3 rings (SSSR count). The van der Waals surface area contributed by atoms with Crippen molar-refractivity contribution < 1.29 is 18.7 Å². The van der Waals surface area contributed by atoms with Crippen molar-refractivity contribution in [3.05, 3.63) is 80.8 Å². The standard InChI is InChI=1S/C19H18N2O5S/c1-25-18(23)11-14(16-5-4-10-27-16)20-19(24)15-8-7-13(26-15)12-21-9-3-2-6-17(21)22/h2-10,14H,11-12H2,1H3,(H,20,24). The maximum absolute atomic E-state index is 12.5. The van der Waals surface area contributed by atoms with Gasteiger partial charge in [0.25, 0.3) is 11.5 Å². The molecule has 0 spiro atoms. The Kier molecular flexibility index (Phi) is 5.87. The molecule has 3 heterocycles. The number of furan rings is 1. The van der Waals surface area contributed by atoms with Crippen LogP contribution in [0.25, 0.3) is 0 Å². The number of aromatic nitrogens is 1. The molecule has 3 aromatic rings. The zero-order chi connectivity index (χ0) is 19.2. The predicted molar refractivity (Wildman–Crippen MR) is 99.7 cm³/mol. The maximum Gasteiger partial charge on any atom is 0.307 e. The van der Waals surface area contributed by atoms with Crippen LogP contribution >= 0.6 is 11.3 Å². The van der Waals surface area contributed by atoms with Gasteiger partial charge in [0, 0.05) is 17.1 Å². The third-order valence-electron chi connectivity index (χ3n) is 3.90. The number of amides is 1. The molecular weight excluding hydrogens is 368 g/mol. The molecule has 1 N–H and O–H groups in total. The number of ether oxygens (including phenoxy) is 1. The Morgan fingerprint density at radius 3 is 2.78 bits per heavy atom. The van der Waals surface area contributed by atoms with Gasteiger partial charge in [0.05, 0.1) is 26.1 Å². The van der Waals surface area contributed by atoms with Crippen molar-refractivity contribution in [3.63, 3.8) is 0 Å². The number of carbonyl (C=O) groups is 2. The van der Waals surface area contributed by atoms with E-state index in [4.69, 9.17) is 9.15 Å². The average molecular weight is 386 g/mol. The van der Waals surface area contributed by atoms with Crippen molar-refractivity contribution in [2.45, 2.75) is 19.0 Å². The molecule has 0 saturated carbocycles. The highest BCUT2D eigenvalue weighted by Crippen LogP contribution is 2.23. The normalized spacial score (nSPS) is 11.7. The summed E-state index contributed by atoms with van der Waals surface area (Å²) in [5.74, 6) is -0.268. The lowest BCUT2D eigenvalue weighted by molar-refractivity contribution is -0.141. The monoisotopic (exact) mass is 386 g/mol. The first kappa shape index (κ1) is 18.7. The summed E-state index contributed by atoms with van der Waals surface area (Å²) in [6.07, 6.45) is 1.67. The van der Waals surface area contributed by atoms with E-state index in [1.807, 2.05) is 17.5 Å². The van der Waals surface area contributed by atoms with Crippen molar-refractivity contribution >= 4 is 23.2 Å². The number of hydrogen-bond donors (Lipinski definition) is 1. The van der Waals surface area contributed by atoms with E-state index in [0.29, 0.717) is 5.76 Å². The van der Waals surface area contributed by atoms with Crippen LogP contribution in [0.2, 0.25) is 0 Å². The summed E-state index contributed by atoms with van der Waals surface area (Å²) in [6.45, 7) is 0.226. The molecule has 0 aliphatic rings. The molecule has 1 unspecified atom stereocenters. The third-order valence-corrected chi connectivity index (χ3v) is 4.89. The van der Waals surface area contributed by atoms with Crippen molar-refractivity contribution in [2.24, 2.45) is 0 Å². The summed E-state index contributed by atoms with van der Waals surface area (Å²) < 4.78 is 11.8. The van der Waals surface area contributed by atoms with E-state index in [9.17, 15) is 14.4 Å². The molecule has 0 saturated heterocycles. The molecule has 3 aromatic heterocycles. The molecule has 0 aromatic carbocycles. The van der Waals surface area contributed by atoms with Crippen LogP contribution in [0.1, 0.15) is 33.7 Å². The number of carbonyl (C=O) groups excluding carboxylic acids is 2. The topological polar surface area (TPSA) is 90.5 Å². The number of esters is 1. The molecule has 1 atom stereocenters. The summed E-state index contributed by atoms with van der Waals surface area (Å²) in [5, 5.41) is 4.67. The van der Waals surface area contributed by atoms with Crippen LogP contribution in [0.4, 0.5) is 0 Å². The minimum Gasteiger partial charge on any atom is -0.469 e. The fraction of sp³-hybridized carbons (Fsp3) is 0.211. The van der Waals surface area contributed by atoms with E-state index in [2.05, 4.69) is 5.32 Å². The van der Waals surface area contributed by atoms with E-state index in [1.54, 1.807) is 30.5 Å². The molecule has 0 fully saturated rings. The number of nitrogens with zero attached hydrogens (tertiary/aromatic N) is 1. The Balaban J connectivity index is 1.71. The van der Waals surface area contributed by atoms with Gasteiger partial charge in [0.2, 0.25) is 0 Å². The van der Waals surface area contributed by atoms with E-state index in [-0.39, 0.29) is 24.3 Å². The highest BCUT2D eigenvalue weighted by atomic mass is 32.1. The fourth-order valence-corrected chi connectivity index (χ4v) is 3.31. The lowest BCUT2D eigenvalue weighted by Crippen LogP contribution is -2.29. The van der Waals surface area contributed by atoms with E-state index in [0.717, 1.165) is 4.88 Å². The maximum atomic E-state index is 12.5. The Hall–Kier alpha value is -3.13. The number of thiophene rings is 1. The molecular formula is C19H18N2O5S. The highest BCUT2D eigenvalue weighted by Gasteiger charge is 2.22. The average Bonchev–Trinajstić information content (AvgIpc) is 3.35. The lowest BCUT2D eigenvalue weighted by atomic mass is 10.1. The quantitative estimate of drug-likeness (QED) is 0.630. The number of pyridine rings is 1. The fourth-order valence-electron chi connectivity index (χ4n) is 2.54. The van der Waals surface area contributed by atoms with Crippen LogP contribution in [0, 0.1) is 0 Å². The minimum absolute atomic E-state index is 0.0235. The summed E-state index contributed by atoms with van der Waals surface area (Å²) in [6, 6.07) is 11.2. The van der Waals surface area contributed by atoms with Crippen molar-refractivity contribution in [1.29, 1.82) is 0 Å². The van der Waals surface area contributed by atoms with Crippen molar-refractivity contribution in [3.8, 4) is 0 Å². The van der Waals surface area contributed by atoms with Crippen LogP contribution in [-0.2, 0) is 16.1 Å². The van der Waals surface area contributed by atoms with Crippen LogP contribution in [0.5, 0.6) is 0 Å². The van der Waals surface area contributed by atoms with Crippen molar-refractivity contribution in [1.82, 2.24) is 9.88 Å². The van der Waals surface area contributed by atoms with Gasteiger partial charge in [-0.1, -0.05) is 12.1 Å². The lowest BCUT2D eigenvalue weighted by Gasteiger charge is -2.15. The second-order valence-electron chi connectivity index (χ2n) is 5.75. The van der Waals surface area contributed by atoms with Gasteiger partial charge in [-0.2, -0.15) is 0 Å². The van der Waals surface area contributed by atoms with E-state index in [1.165, 1.54) is 29.1 Å². The van der Waals surface area contributed by atoms with Gasteiger partial charge in [0.15, 0.2) is 5.76 Å². The van der Waals surface area contributed by atoms with Gasteiger partial charge in [-0.3, -0.25) is 14.4 Å². The van der Waals surface area contributed by atoms with E-state index < -0.39 is 17.9 Å². The van der Waals surface area contributed by atoms with Crippen LogP contribution in [-0.4, -0.2) is 23.6 Å². The van der Waals surface area contributed by atoms with Gasteiger partial charge >= 0.3 is 5.97 Å². The zero-order valence-electron chi connectivity index (χ0n) is 14.6. The Morgan fingerprint density at radius 1 is 1.22 bits per heavy atom. The Bertz CT molecular complexity index is 974. The first-order chi connectivity index (χ1) is 13.1. The summed E-state index contributed by atoms with van der Waals surface area (Å²) in [5.41, 5.74) is -0.157. The first-order valence-corrected chi connectivity index (χ1v) is 9.10. The molecule has 27 heavy (non-hydrogen) atoms. The molecule has 0 radical (unpaired) electrons. The van der Waals surface area contributed by atoms with Gasteiger partial charge in [-0.25, -0.2) is 0 Å². The highest BCUT2D eigenvalue weighted by molar-refractivity contribution is 7.10. The molecule has 140 valence electrons. The Labute approximate surface area is 159 Å². The molecule has 0 aliphatic carbocycles. The largest absolute Gasteiger partial charge is 0.469 e. The molecule has 0 aliphatic heterocycles. The van der Waals surface area contributed by atoms with Crippen molar-refractivity contribution in [2.75, 3.05) is 7.11 Å². The predicted octanol–water partition coefficient (Wildman–Crippen LogP) is 2.59. The molecule has 7 nitrogen and oxygen atoms in total. The molecule has 8 heteroatoms. The number of rotatable bonds is 7.